The standard InChI is InChI=1S/C22H28N6O2/c1-4-28-21(30)20-19(16(2)24-25(20)3)23-22(28)27-14-12-26(13-15-27)18(29)11-10-17-8-6-5-7-9-17/h5-9H,4,10-15H2,1-3H3. The number of benzene rings is 1. The lowest BCUT2D eigenvalue weighted by atomic mass is 10.1. The average molecular weight is 409 g/mol. The van der Waals surface area contributed by atoms with Crippen LogP contribution in [0, 0.1) is 6.92 Å². The lowest BCUT2D eigenvalue weighted by molar-refractivity contribution is -0.131. The van der Waals surface area contributed by atoms with Crippen molar-refractivity contribution in [2.45, 2.75) is 33.2 Å². The molecule has 8 heteroatoms. The number of hydrogen-bond donors (Lipinski definition) is 0. The third-order valence-electron chi connectivity index (χ3n) is 5.79. The van der Waals surface area contributed by atoms with Crippen LogP contribution in [0.25, 0.3) is 11.0 Å². The molecule has 1 aliphatic heterocycles. The Balaban J connectivity index is 1.47. The quantitative estimate of drug-likeness (QED) is 0.643. The molecule has 2 aromatic heterocycles. The molecule has 0 unspecified atom stereocenters. The smallest absolute Gasteiger partial charge is 0.281 e. The summed E-state index contributed by atoms with van der Waals surface area (Å²) in [4.78, 5) is 34.5. The predicted molar refractivity (Wildman–Crippen MR) is 117 cm³/mol. The number of amides is 1. The minimum Gasteiger partial charge on any atom is -0.339 e. The second-order valence-corrected chi connectivity index (χ2v) is 7.72. The fourth-order valence-corrected chi connectivity index (χ4v) is 4.14. The van der Waals surface area contributed by atoms with Crippen LogP contribution in [0.5, 0.6) is 0 Å². The van der Waals surface area contributed by atoms with Crippen LogP contribution in [-0.2, 0) is 24.8 Å². The molecule has 8 nitrogen and oxygen atoms in total. The van der Waals surface area contributed by atoms with Gasteiger partial charge in [-0.2, -0.15) is 5.10 Å². The van der Waals surface area contributed by atoms with E-state index < -0.39 is 0 Å². The van der Waals surface area contributed by atoms with Crippen LogP contribution in [0.4, 0.5) is 5.95 Å². The van der Waals surface area contributed by atoms with Gasteiger partial charge in [-0.25, -0.2) is 4.98 Å². The Morgan fingerprint density at radius 2 is 1.80 bits per heavy atom. The first kappa shape index (κ1) is 20.1. The van der Waals surface area contributed by atoms with Gasteiger partial charge in [-0.15, -0.1) is 0 Å². The van der Waals surface area contributed by atoms with E-state index in [1.165, 1.54) is 5.56 Å². The van der Waals surface area contributed by atoms with Crippen LogP contribution in [0.2, 0.25) is 0 Å². The molecule has 0 spiro atoms. The number of fused-ring (bicyclic) bond motifs is 1. The number of hydrogen-bond acceptors (Lipinski definition) is 5. The number of carbonyl (C=O) groups excluding carboxylic acids is 1. The van der Waals surface area contributed by atoms with Gasteiger partial charge in [0.1, 0.15) is 5.52 Å². The molecule has 1 fully saturated rings. The van der Waals surface area contributed by atoms with E-state index in [1.54, 1.807) is 16.3 Å². The number of aryl methyl sites for hydroxylation is 3. The van der Waals surface area contributed by atoms with E-state index in [0.717, 1.165) is 12.1 Å². The summed E-state index contributed by atoms with van der Waals surface area (Å²) >= 11 is 0. The summed E-state index contributed by atoms with van der Waals surface area (Å²) in [5.41, 5.74) is 3.06. The molecular formula is C22H28N6O2. The molecule has 30 heavy (non-hydrogen) atoms. The molecule has 0 bridgehead atoms. The van der Waals surface area contributed by atoms with Crippen LogP contribution in [0.1, 0.15) is 24.6 Å². The average Bonchev–Trinajstić information content (AvgIpc) is 3.06. The summed E-state index contributed by atoms with van der Waals surface area (Å²) in [5, 5.41) is 4.36. The van der Waals surface area contributed by atoms with Crippen molar-refractivity contribution in [3.8, 4) is 0 Å². The van der Waals surface area contributed by atoms with E-state index in [4.69, 9.17) is 4.98 Å². The molecule has 0 aliphatic carbocycles. The highest BCUT2D eigenvalue weighted by molar-refractivity contribution is 5.78. The fourth-order valence-electron chi connectivity index (χ4n) is 4.14. The van der Waals surface area contributed by atoms with Gasteiger partial charge >= 0.3 is 0 Å². The molecule has 0 atom stereocenters. The van der Waals surface area contributed by atoms with Crippen molar-refractivity contribution < 1.29 is 4.79 Å². The fraction of sp³-hybridized carbons (Fsp3) is 0.455. The highest BCUT2D eigenvalue weighted by Gasteiger charge is 2.25. The van der Waals surface area contributed by atoms with Crippen molar-refractivity contribution in [3.63, 3.8) is 0 Å². The van der Waals surface area contributed by atoms with Gasteiger partial charge in [0.25, 0.3) is 5.56 Å². The van der Waals surface area contributed by atoms with Crippen molar-refractivity contribution >= 4 is 22.9 Å². The third kappa shape index (κ3) is 3.69. The van der Waals surface area contributed by atoms with Gasteiger partial charge in [-0.3, -0.25) is 18.8 Å². The number of carbonyl (C=O) groups is 1. The molecular weight excluding hydrogens is 380 g/mol. The Morgan fingerprint density at radius 1 is 1.10 bits per heavy atom. The van der Waals surface area contributed by atoms with Gasteiger partial charge in [-0.1, -0.05) is 30.3 Å². The summed E-state index contributed by atoms with van der Waals surface area (Å²) in [6.45, 7) is 6.96. The maximum Gasteiger partial charge on any atom is 0.281 e. The maximum atomic E-state index is 13.0. The van der Waals surface area contributed by atoms with Gasteiger partial charge in [0.2, 0.25) is 11.9 Å². The van der Waals surface area contributed by atoms with Gasteiger partial charge in [0, 0.05) is 46.2 Å². The molecule has 1 aliphatic rings. The Hall–Kier alpha value is -3.16. The second-order valence-electron chi connectivity index (χ2n) is 7.72. The van der Waals surface area contributed by atoms with Crippen LogP contribution < -0.4 is 10.5 Å². The van der Waals surface area contributed by atoms with Crippen LogP contribution in [0.3, 0.4) is 0 Å². The SMILES string of the molecule is CCn1c(N2CCN(C(=O)CCc3ccccc3)CC2)nc2c(C)nn(C)c2c1=O. The first-order valence-corrected chi connectivity index (χ1v) is 10.5. The lowest BCUT2D eigenvalue weighted by Gasteiger charge is -2.36. The molecule has 158 valence electrons. The first-order valence-electron chi connectivity index (χ1n) is 10.5. The predicted octanol–water partition coefficient (Wildman–Crippen LogP) is 1.74. The number of aromatic nitrogens is 4. The largest absolute Gasteiger partial charge is 0.339 e. The molecule has 3 aromatic rings. The number of nitrogens with zero attached hydrogens (tertiary/aromatic N) is 6. The van der Waals surface area contributed by atoms with E-state index in [9.17, 15) is 9.59 Å². The normalized spacial score (nSPS) is 14.5. The van der Waals surface area contributed by atoms with Gasteiger partial charge in [0.05, 0.1) is 5.69 Å². The summed E-state index contributed by atoms with van der Waals surface area (Å²) in [5.74, 6) is 0.848. The zero-order valence-corrected chi connectivity index (χ0v) is 17.8. The second kappa shape index (κ2) is 8.30. The highest BCUT2D eigenvalue weighted by atomic mass is 16.2. The summed E-state index contributed by atoms with van der Waals surface area (Å²) in [7, 11) is 1.78. The zero-order valence-electron chi connectivity index (χ0n) is 17.8. The maximum absolute atomic E-state index is 13.0. The van der Waals surface area contributed by atoms with Gasteiger partial charge in [-0.05, 0) is 25.8 Å². The minimum atomic E-state index is -0.0676. The minimum absolute atomic E-state index is 0.0676. The molecule has 1 saturated heterocycles. The van der Waals surface area contributed by atoms with E-state index in [-0.39, 0.29) is 11.5 Å². The Morgan fingerprint density at radius 3 is 2.47 bits per heavy atom. The molecule has 4 rings (SSSR count). The summed E-state index contributed by atoms with van der Waals surface area (Å²) < 4.78 is 3.32. The van der Waals surface area contributed by atoms with Crippen LogP contribution in [0.15, 0.2) is 35.1 Å². The molecule has 1 aromatic carbocycles. The molecule has 0 N–H and O–H groups in total. The van der Waals surface area contributed by atoms with E-state index in [0.29, 0.717) is 56.1 Å². The van der Waals surface area contributed by atoms with E-state index >= 15 is 0 Å². The van der Waals surface area contributed by atoms with Gasteiger partial charge < -0.3 is 9.80 Å². The van der Waals surface area contributed by atoms with Gasteiger partial charge in [0.15, 0.2) is 5.52 Å². The first-order chi connectivity index (χ1) is 14.5. The van der Waals surface area contributed by atoms with Crippen molar-refractivity contribution in [2.24, 2.45) is 7.05 Å². The van der Waals surface area contributed by atoms with E-state index in [1.807, 2.05) is 36.9 Å². The van der Waals surface area contributed by atoms with Crippen molar-refractivity contribution in [1.82, 2.24) is 24.2 Å². The number of anilines is 1. The van der Waals surface area contributed by atoms with Crippen molar-refractivity contribution in [1.29, 1.82) is 0 Å². The molecule has 1 amide bonds. The zero-order chi connectivity index (χ0) is 21.3. The van der Waals surface area contributed by atoms with E-state index in [2.05, 4.69) is 22.1 Å². The third-order valence-corrected chi connectivity index (χ3v) is 5.79. The van der Waals surface area contributed by atoms with Crippen LogP contribution in [-0.4, -0.2) is 56.3 Å². The summed E-state index contributed by atoms with van der Waals surface area (Å²) in [6, 6.07) is 10.1. The van der Waals surface area contributed by atoms with Crippen LogP contribution >= 0.6 is 0 Å². The number of rotatable bonds is 5. The molecule has 0 saturated carbocycles. The summed E-state index contributed by atoms with van der Waals surface area (Å²) in [6.07, 6.45) is 1.27. The molecule has 0 radical (unpaired) electrons. The Labute approximate surface area is 175 Å². The lowest BCUT2D eigenvalue weighted by Crippen LogP contribution is -2.50. The van der Waals surface area contributed by atoms with Crippen molar-refractivity contribution in [3.05, 3.63) is 51.9 Å². The Kier molecular flexibility index (Phi) is 5.57. The molecule has 3 heterocycles. The monoisotopic (exact) mass is 408 g/mol. The van der Waals surface area contributed by atoms with Crippen molar-refractivity contribution in [2.75, 3.05) is 31.1 Å². The Bertz CT molecular complexity index is 1110. The topological polar surface area (TPSA) is 76.3 Å². The highest BCUT2D eigenvalue weighted by Crippen LogP contribution is 2.19. The number of piperazine rings is 1.